The zero-order chi connectivity index (χ0) is 13.0. The number of amides is 1. The molecule has 18 heavy (non-hydrogen) atoms. The zero-order valence-corrected chi connectivity index (χ0v) is 11.5. The summed E-state index contributed by atoms with van der Waals surface area (Å²) in [7, 11) is 2.14. The molecule has 0 atom stereocenters. The van der Waals surface area contributed by atoms with Crippen molar-refractivity contribution in [2.24, 2.45) is 0 Å². The van der Waals surface area contributed by atoms with Crippen molar-refractivity contribution < 1.29 is 4.79 Å². The first-order valence-corrected chi connectivity index (χ1v) is 7.07. The lowest BCUT2D eigenvalue weighted by molar-refractivity contribution is 0.0946. The maximum Gasteiger partial charge on any atom is 0.263 e. The highest BCUT2D eigenvalue weighted by Gasteiger charge is 2.14. The number of anilines is 1. The highest BCUT2D eigenvalue weighted by molar-refractivity contribution is 7.12. The summed E-state index contributed by atoms with van der Waals surface area (Å²) < 4.78 is 0. The summed E-state index contributed by atoms with van der Waals surface area (Å²) in [6.07, 6.45) is 0. The van der Waals surface area contributed by atoms with Gasteiger partial charge in [0.15, 0.2) is 0 Å². The number of nitrogens with one attached hydrogen (secondary N) is 1. The van der Waals surface area contributed by atoms with Crippen LogP contribution in [0.2, 0.25) is 0 Å². The van der Waals surface area contributed by atoms with Gasteiger partial charge in [0.05, 0.1) is 5.69 Å². The summed E-state index contributed by atoms with van der Waals surface area (Å²) in [6, 6.07) is 1.76. The smallest absolute Gasteiger partial charge is 0.263 e. The van der Waals surface area contributed by atoms with Gasteiger partial charge in [-0.3, -0.25) is 9.69 Å². The number of thiophene rings is 1. The lowest BCUT2D eigenvalue weighted by Crippen LogP contribution is -2.46. The van der Waals surface area contributed by atoms with Crippen molar-refractivity contribution in [3.8, 4) is 0 Å². The second kappa shape index (κ2) is 6.17. The van der Waals surface area contributed by atoms with Gasteiger partial charge in [-0.1, -0.05) is 0 Å². The number of rotatable bonds is 4. The van der Waals surface area contributed by atoms with Gasteiger partial charge in [-0.2, -0.15) is 0 Å². The SMILES string of the molecule is CN1CCN(CCNC(=O)c2sccc2N)CC1. The Morgan fingerprint density at radius 3 is 2.78 bits per heavy atom. The Bertz CT molecular complexity index is 399. The van der Waals surface area contributed by atoms with Crippen molar-refractivity contribution in [3.63, 3.8) is 0 Å². The zero-order valence-electron chi connectivity index (χ0n) is 10.7. The number of nitrogen functional groups attached to an aromatic ring is 1. The molecule has 1 aliphatic rings. The van der Waals surface area contributed by atoms with Crippen molar-refractivity contribution in [1.82, 2.24) is 15.1 Å². The van der Waals surface area contributed by atoms with Crippen LogP contribution < -0.4 is 11.1 Å². The molecule has 1 saturated heterocycles. The molecule has 0 saturated carbocycles. The average Bonchev–Trinajstić information content (AvgIpc) is 2.78. The van der Waals surface area contributed by atoms with E-state index in [1.807, 2.05) is 5.38 Å². The molecule has 1 aromatic heterocycles. The average molecular weight is 268 g/mol. The van der Waals surface area contributed by atoms with Crippen LogP contribution in [0, 0.1) is 0 Å². The van der Waals surface area contributed by atoms with E-state index in [-0.39, 0.29) is 5.91 Å². The van der Waals surface area contributed by atoms with E-state index in [0.29, 0.717) is 17.1 Å². The van der Waals surface area contributed by atoms with Crippen LogP contribution in [-0.4, -0.2) is 62.0 Å². The molecule has 1 amide bonds. The van der Waals surface area contributed by atoms with Gasteiger partial charge < -0.3 is 16.0 Å². The van der Waals surface area contributed by atoms with E-state index in [0.717, 1.165) is 32.7 Å². The molecule has 100 valence electrons. The Morgan fingerprint density at radius 2 is 2.17 bits per heavy atom. The number of piperazine rings is 1. The van der Waals surface area contributed by atoms with Gasteiger partial charge in [0, 0.05) is 39.3 Å². The van der Waals surface area contributed by atoms with E-state index in [4.69, 9.17) is 5.73 Å². The second-order valence-electron chi connectivity index (χ2n) is 4.61. The number of nitrogens with two attached hydrogens (primary N) is 1. The third-order valence-corrected chi connectivity index (χ3v) is 4.14. The monoisotopic (exact) mass is 268 g/mol. The second-order valence-corrected chi connectivity index (χ2v) is 5.52. The van der Waals surface area contributed by atoms with Gasteiger partial charge in [-0.15, -0.1) is 11.3 Å². The fraction of sp³-hybridized carbons (Fsp3) is 0.583. The topological polar surface area (TPSA) is 61.6 Å². The van der Waals surface area contributed by atoms with Crippen LogP contribution >= 0.6 is 11.3 Å². The highest BCUT2D eigenvalue weighted by atomic mass is 32.1. The van der Waals surface area contributed by atoms with Crippen molar-refractivity contribution in [2.45, 2.75) is 0 Å². The molecule has 0 spiro atoms. The first-order chi connectivity index (χ1) is 8.66. The molecule has 2 heterocycles. The van der Waals surface area contributed by atoms with E-state index in [9.17, 15) is 4.79 Å². The molecule has 3 N–H and O–H groups in total. The predicted molar refractivity (Wildman–Crippen MR) is 75.0 cm³/mol. The van der Waals surface area contributed by atoms with E-state index in [1.165, 1.54) is 11.3 Å². The minimum atomic E-state index is -0.0587. The molecule has 0 aromatic carbocycles. The third kappa shape index (κ3) is 3.44. The normalized spacial score (nSPS) is 17.8. The largest absolute Gasteiger partial charge is 0.397 e. The fourth-order valence-electron chi connectivity index (χ4n) is 1.98. The molecule has 1 aliphatic heterocycles. The van der Waals surface area contributed by atoms with Crippen LogP contribution in [0.4, 0.5) is 5.69 Å². The maximum absolute atomic E-state index is 11.8. The Kier molecular flexibility index (Phi) is 4.57. The first-order valence-electron chi connectivity index (χ1n) is 6.19. The molecule has 0 aliphatic carbocycles. The van der Waals surface area contributed by atoms with Gasteiger partial charge in [-0.25, -0.2) is 0 Å². The van der Waals surface area contributed by atoms with E-state index < -0.39 is 0 Å². The molecule has 0 unspecified atom stereocenters. The minimum absolute atomic E-state index is 0.0587. The number of carbonyl (C=O) groups is 1. The van der Waals surface area contributed by atoms with Crippen LogP contribution in [0.5, 0.6) is 0 Å². The number of carbonyl (C=O) groups excluding carboxylic acids is 1. The number of hydrogen-bond donors (Lipinski definition) is 2. The molecule has 2 rings (SSSR count). The van der Waals surface area contributed by atoms with Crippen LogP contribution in [0.15, 0.2) is 11.4 Å². The van der Waals surface area contributed by atoms with E-state index in [1.54, 1.807) is 6.07 Å². The van der Waals surface area contributed by atoms with Crippen molar-refractivity contribution >= 4 is 22.9 Å². The van der Waals surface area contributed by atoms with Crippen LogP contribution in [0.1, 0.15) is 9.67 Å². The fourth-order valence-corrected chi connectivity index (χ4v) is 2.72. The summed E-state index contributed by atoms with van der Waals surface area (Å²) in [5, 5.41) is 4.76. The molecule has 6 heteroatoms. The predicted octanol–water partition coefficient (Wildman–Crippen LogP) is 0.307. The highest BCUT2D eigenvalue weighted by Crippen LogP contribution is 2.18. The first kappa shape index (κ1) is 13.3. The van der Waals surface area contributed by atoms with Crippen LogP contribution in [0.3, 0.4) is 0 Å². The van der Waals surface area contributed by atoms with E-state index in [2.05, 4.69) is 22.2 Å². The minimum Gasteiger partial charge on any atom is -0.397 e. The Morgan fingerprint density at radius 1 is 1.44 bits per heavy atom. The summed E-state index contributed by atoms with van der Waals surface area (Å²) in [5.74, 6) is -0.0587. The number of nitrogens with zero attached hydrogens (tertiary/aromatic N) is 2. The van der Waals surface area contributed by atoms with Crippen molar-refractivity contribution in [3.05, 3.63) is 16.3 Å². The molecule has 1 aromatic rings. The summed E-state index contributed by atoms with van der Waals surface area (Å²) in [5.41, 5.74) is 6.27. The summed E-state index contributed by atoms with van der Waals surface area (Å²) in [6.45, 7) is 5.95. The van der Waals surface area contributed by atoms with E-state index >= 15 is 0 Å². The van der Waals surface area contributed by atoms with Crippen molar-refractivity contribution in [1.29, 1.82) is 0 Å². The van der Waals surface area contributed by atoms with Crippen LogP contribution in [-0.2, 0) is 0 Å². The number of hydrogen-bond acceptors (Lipinski definition) is 5. The van der Waals surface area contributed by atoms with Gasteiger partial charge >= 0.3 is 0 Å². The lowest BCUT2D eigenvalue weighted by Gasteiger charge is -2.32. The third-order valence-electron chi connectivity index (χ3n) is 3.21. The molecular weight excluding hydrogens is 248 g/mol. The summed E-state index contributed by atoms with van der Waals surface area (Å²) in [4.78, 5) is 17.1. The molecular formula is C12H20N4OS. The van der Waals surface area contributed by atoms with Crippen LogP contribution in [0.25, 0.3) is 0 Å². The summed E-state index contributed by atoms with van der Waals surface area (Å²) >= 11 is 1.39. The molecule has 5 nitrogen and oxygen atoms in total. The van der Waals surface area contributed by atoms with Crippen molar-refractivity contribution in [2.75, 3.05) is 52.0 Å². The Balaban J connectivity index is 1.69. The van der Waals surface area contributed by atoms with Gasteiger partial charge in [-0.05, 0) is 18.5 Å². The molecule has 0 bridgehead atoms. The van der Waals surface area contributed by atoms with Gasteiger partial charge in [0.1, 0.15) is 4.88 Å². The van der Waals surface area contributed by atoms with Gasteiger partial charge in [0.2, 0.25) is 0 Å². The molecule has 1 fully saturated rings. The quantitative estimate of drug-likeness (QED) is 0.825. The molecule has 0 radical (unpaired) electrons. The standard InChI is InChI=1S/C12H20N4OS/c1-15-5-7-16(8-6-15)4-3-14-12(17)11-10(13)2-9-18-11/h2,9H,3-8,13H2,1H3,(H,14,17). The Labute approximate surface area is 112 Å². The maximum atomic E-state index is 11.8. The Hall–Kier alpha value is -1.11. The van der Waals surface area contributed by atoms with Gasteiger partial charge in [0.25, 0.3) is 5.91 Å². The lowest BCUT2D eigenvalue weighted by atomic mass is 10.3. The number of likely N-dealkylation sites (N-methyl/N-ethyl adjacent to an activating group) is 1.